The van der Waals surface area contributed by atoms with E-state index in [0.717, 1.165) is 37.7 Å². The topological polar surface area (TPSA) is 37.3 Å². The summed E-state index contributed by atoms with van der Waals surface area (Å²) in [5.74, 6) is 1.08. The molecule has 0 aromatic heterocycles. The molecule has 0 radical (unpaired) electrons. The number of rotatable bonds is 6. The standard InChI is InChI=1S/C18H28O2/c1-3-12-18(13-19,16-6-4-5-7-16)17(20)15-10-8-14(2)9-11-15/h8,10-11,14,16,19H,3-7,9,12-13H2,1-2H3. The molecule has 2 aliphatic carbocycles. The molecular formula is C18H28O2. The molecule has 0 heterocycles. The molecule has 2 atom stereocenters. The van der Waals surface area contributed by atoms with E-state index in [1.807, 2.05) is 6.08 Å². The zero-order valence-electron chi connectivity index (χ0n) is 12.9. The van der Waals surface area contributed by atoms with Crippen molar-refractivity contribution in [1.82, 2.24) is 0 Å². The Balaban J connectivity index is 2.26. The van der Waals surface area contributed by atoms with Crippen molar-refractivity contribution < 1.29 is 9.90 Å². The summed E-state index contributed by atoms with van der Waals surface area (Å²) in [5, 5.41) is 10.0. The molecule has 0 bridgehead atoms. The third-order valence-corrected chi connectivity index (χ3v) is 5.14. The SMILES string of the molecule is CCCC(CO)(C(=O)C1=CCC(C)C=C1)C1CCCC1. The molecule has 0 aromatic carbocycles. The number of aliphatic hydroxyl groups excluding tert-OH is 1. The smallest absolute Gasteiger partial charge is 0.171 e. The van der Waals surface area contributed by atoms with Crippen LogP contribution in [0.15, 0.2) is 23.8 Å². The lowest BCUT2D eigenvalue weighted by Crippen LogP contribution is -2.42. The molecule has 1 saturated carbocycles. The van der Waals surface area contributed by atoms with E-state index in [2.05, 4.69) is 26.0 Å². The first-order chi connectivity index (χ1) is 9.64. The molecule has 2 aliphatic rings. The zero-order valence-corrected chi connectivity index (χ0v) is 12.9. The van der Waals surface area contributed by atoms with E-state index in [0.29, 0.717) is 11.8 Å². The maximum Gasteiger partial charge on any atom is 0.171 e. The molecule has 0 aromatic rings. The lowest BCUT2D eigenvalue weighted by molar-refractivity contribution is -0.131. The van der Waals surface area contributed by atoms with Crippen LogP contribution in [-0.4, -0.2) is 17.5 Å². The quantitative estimate of drug-likeness (QED) is 0.794. The molecule has 20 heavy (non-hydrogen) atoms. The van der Waals surface area contributed by atoms with Gasteiger partial charge in [0.2, 0.25) is 0 Å². The zero-order chi connectivity index (χ0) is 14.6. The van der Waals surface area contributed by atoms with Crippen LogP contribution >= 0.6 is 0 Å². The van der Waals surface area contributed by atoms with Crippen LogP contribution in [0.25, 0.3) is 0 Å². The Hall–Kier alpha value is -0.890. The molecule has 0 aliphatic heterocycles. The predicted octanol–water partition coefficient (Wildman–Crippen LogP) is 4.05. The van der Waals surface area contributed by atoms with Gasteiger partial charge in [-0.25, -0.2) is 0 Å². The Morgan fingerprint density at radius 2 is 2.10 bits per heavy atom. The summed E-state index contributed by atoms with van der Waals surface area (Å²) < 4.78 is 0. The van der Waals surface area contributed by atoms with Crippen molar-refractivity contribution in [3.8, 4) is 0 Å². The van der Waals surface area contributed by atoms with E-state index in [-0.39, 0.29) is 12.4 Å². The van der Waals surface area contributed by atoms with E-state index >= 15 is 0 Å². The minimum atomic E-state index is -0.526. The number of aliphatic hydroxyl groups is 1. The van der Waals surface area contributed by atoms with Crippen molar-refractivity contribution >= 4 is 5.78 Å². The largest absolute Gasteiger partial charge is 0.395 e. The van der Waals surface area contributed by atoms with Crippen LogP contribution in [0.5, 0.6) is 0 Å². The summed E-state index contributed by atoms with van der Waals surface area (Å²) in [6.07, 6.45) is 13.5. The summed E-state index contributed by atoms with van der Waals surface area (Å²) in [6.45, 7) is 4.28. The van der Waals surface area contributed by atoms with Crippen LogP contribution in [0.3, 0.4) is 0 Å². The number of hydrogen-bond donors (Lipinski definition) is 1. The third kappa shape index (κ3) is 2.90. The fraction of sp³-hybridized carbons (Fsp3) is 0.722. The first-order valence-corrected chi connectivity index (χ1v) is 8.18. The van der Waals surface area contributed by atoms with Gasteiger partial charge in [-0.15, -0.1) is 0 Å². The van der Waals surface area contributed by atoms with Gasteiger partial charge < -0.3 is 5.11 Å². The minimum absolute atomic E-state index is 0.00503. The monoisotopic (exact) mass is 276 g/mol. The molecule has 2 nitrogen and oxygen atoms in total. The minimum Gasteiger partial charge on any atom is -0.395 e. The van der Waals surface area contributed by atoms with E-state index in [1.165, 1.54) is 12.8 Å². The van der Waals surface area contributed by atoms with Crippen molar-refractivity contribution in [3.63, 3.8) is 0 Å². The van der Waals surface area contributed by atoms with E-state index in [9.17, 15) is 9.90 Å². The molecule has 2 rings (SSSR count). The number of hydrogen-bond acceptors (Lipinski definition) is 2. The number of allylic oxidation sites excluding steroid dienone is 4. The first-order valence-electron chi connectivity index (χ1n) is 8.18. The Labute approximate surface area is 123 Å². The third-order valence-electron chi connectivity index (χ3n) is 5.14. The average Bonchev–Trinajstić information content (AvgIpc) is 2.99. The Morgan fingerprint density at radius 3 is 2.60 bits per heavy atom. The second-order valence-electron chi connectivity index (χ2n) is 6.61. The van der Waals surface area contributed by atoms with Crippen LogP contribution in [0.2, 0.25) is 0 Å². The molecule has 0 amide bonds. The van der Waals surface area contributed by atoms with Crippen molar-refractivity contribution in [2.75, 3.05) is 6.61 Å². The highest BCUT2D eigenvalue weighted by atomic mass is 16.3. The maximum atomic E-state index is 13.1. The molecule has 112 valence electrons. The van der Waals surface area contributed by atoms with Crippen LogP contribution < -0.4 is 0 Å². The average molecular weight is 276 g/mol. The number of carbonyl (C=O) groups is 1. The molecule has 0 saturated heterocycles. The van der Waals surface area contributed by atoms with Crippen molar-refractivity contribution in [3.05, 3.63) is 23.8 Å². The van der Waals surface area contributed by atoms with Gasteiger partial charge >= 0.3 is 0 Å². The van der Waals surface area contributed by atoms with Gasteiger partial charge in [-0.2, -0.15) is 0 Å². The predicted molar refractivity (Wildman–Crippen MR) is 82.4 cm³/mol. The molecule has 1 fully saturated rings. The summed E-state index contributed by atoms with van der Waals surface area (Å²) in [7, 11) is 0. The van der Waals surface area contributed by atoms with Crippen molar-refractivity contribution in [2.45, 2.75) is 58.8 Å². The lowest BCUT2D eigenvalue weighted by atomic mass is 9.66. The Bertz CT molecular complexity index is 402. The van der Waals surface area contributed by atoms with Gasteiger partial charge in [0.1, 0.15) is 0 Å². The molecule has 0 spiro atoms. The van der Waals surface area contributed by atoms with Gasteiger partial charge in [0.25, 0.3) is 0 Å². The normalized spacial score (nSPS) is 26.4. The number of Topliss-reactive ketones (excluding diaryl/α,β-unsaturated/α-hetero) is 1. The van der Waals surface area contributed by atoms with Gasteiger partial charge in [0.05, 0.1) is 12.0 Å². The fourth-order valence-corrected chi connectivity index (χ4v) is 3.89. The Morgan fingerprint density at radius 1 is 1.40 bits per heavy atom. The number of carbonyl (C=O) groups excluding carboxylic acids is 1. The second-order valence-corrected chi connectivity index (χ2v) is 6.61. The van der Waals surface area contributed by atoms with Crippen LogP contribution in [0.1, 0.15) is 58.8 Å². The van der Waals surface area contributed by atoms with Gasteiger partial charge in [0, 0.05) is 5.57 Å². The summed E-state index contributed by atoms with van der Waals surface area (Å²) in [6, 6.07) is 0. The van der Waals surface area contributed by atoms with Gasteiger partial charge in [-0.05, 0) is 37.5 Å². The molecule has 2 unspecified atom stereocenters. The summed E-state index contributed by atoms with van der Waals surface area (Å²) in [4.78, 5) is 13.1. The number of ketones is 1. The highest BCUT2D eigenvalue weighted by Gasteiger charge is 2.45. The summed E-state index contributed by atoms with van der Waals surface area (Å²) >= 11 is 0. The van der Waals surface area contributed by atoms with Crippen LogP contribution in [0.4, 0.5) is 0 Å². The van der Waals surface area contributed by atoms with Gasteiger partial charge in [-0.3, -0.25) is 4.79 Å². The van der Waals surface area contributed by atoms with E-state index in [4.69, 9.17) is 0 Å². The molecule has 2 heteroatoms. The van der Waals surface area contributed by atoms with Crippen molar-refractivity contribution in [2.24, 2.45) is 17.3 Å². The highest BCUT2D eigenvalue weighted by molar-refractivity contribution is 6.02. The fourth-order valence-electron chi connectivity index (χ4n) is 3.89. The van der Waals surface area contributed by atoms with Gasteiger partial charge in [0.15, 0.2) is 5.78 Å². The van der Waals surface area contributed by atoms with E-state index in [1.54, 1.807) is 0 Å². The molecule has 1 N–H and O–H groups in total. The highest BCUT2D eigenvalue weighted by Crippen LogP contribution is 2.45. The van der Waals surface area contributed by atoms with Crippen molar-refractivity contribution in [1.29, 1.82) is 0 Å². The maximum absolute atomic E-state index is 13.1. The van der Waals surface area contributed by atoms with Gasteiger partial charge in [-0.1, -0.05) is 51.3 Å². The van der Waals surface area contributed by atoms with Crippen LogP contribution in [-0.2, 0) is 4.79 Å². The van der Waals surface area contributed by atoms with Crippen LogP contribution in [0, 0.1) is 17.3 Å². The lowest BCUT2D eigenvalue weighted by Gasteiger charge is -2.37. The second kappa shape index (κ2) is 6.71. The summed E-state index contributed by atoms with van der Waals surface area (Å²) in [5.41, 5.74) is 0.305. The van der Waals surface area contributed by atoms with E-state index < -0.39 is 5.41 Å². The Kier molecular flexibility index (Phi) is 5.20. The molecular weight excluding hydrogens is 248 g/mol. The first kappa shape index (κ1) is 15.5.